The highest BCUT2D eigenvalue weighted by molar-refractivity contribution is 6.32. The predicted molar refractivity (Wildman–Crippen MR) is 114 cm³/mol. The molecule has 0 radical (unpaired) electrons. The van der Waals surface area contributed by atoms with Gasteiger partial charge >= 0.3 is 5.97 Å². The highest BCUT2D eigenvalue weighted by Gasteiger charge is 2.23. The lowest BCUT2D eigenvalue weighted by molar-refractivity contribution is -0.123. The van der Waals surface area contributed by atoms with Crippen LogP contribution in [0.3, 0.4) is 0 Å². The van der Waals surface area contributed by atoms with Gasteiger partial charge in [0.2, 0.25) is 6.79 Å². The number of carbonyl (C=O) groups excluding carboxylic acids is 2. The first-order chi connectivity index (χ1) is 14.8. The molecule has 1 unspecified atom stereocenters. The van der Waals surface area contributed by atoms with E-state index in [9.17, 15) is 9.59 Å². The average Bonchev–Trinajstić information content (AvgIpc) is 3.19. The number of nitrogens with one attached hydrogen (secondary N) is 1. The van der Waals surface area contributed by atoms with Crippen LogP contribution in [-0.4, -0.2) is 38.5 Å². The van der Waals surface area contributed by atoms with Crippen molar-refractivity contribution < 1.29 is 33.3 Å². The van der Waals surface area contributed by atoms with Crippen LogP contribution in [0.5, 0.6) is 23.0 Å². The van der Waals surface area contributed by atoms with Gasteiger partial charge in [0.15, 0.2) is 29.1 Å². The van der Waals surface area contributed by atoms with Crippen molar-refractivity contribution in [3.05, 3.63) is 40.9 Å². The lowest BCUT2D eigenvalue weighted by Gasteiger charge is -2.17. The van der Waals surface area contributed by atoms with Gasteiger partial charge in [-0.3, -0.25) is 4.79 Å². The number of hydrogen-bond acceptors (Lipinski definition) is 7. The Bertz CT molecular complexity index is 977. The lowest BCUT2D eigenvalue weighted by atomic mass is 10.2. The third kappa shape index (κ3) is 5.52. The largest absolute Gasteiger partial charge is 0.493 e. The second kappa shape index (κ2) is 9.78. The Morgan fingerprint density at radius 3 is 2.58 bits per heavy atom. The van der Waals surface area contributed by atoms with Crippen molar-refractivity contribution in [1.82, 2.24) is 0 Å². The van der Waals surface area contributed by atoms with Gasteiger partial charge in [-0.1, -0.05) is 25.4 Å². The van der Waals surface area contributed by atoms with E-state index in [1.54, 1.807) is 18.2 Å². The molecule has 1 amide bonds. The number of esters is 1. The molecule has 2 aromatic rings. The van der Waals surface area contributed by atoms with Gasteiger partial charge < -0.3 is 29.0 Å². The third-order valence-corrected chi connectivity index (χ3v) is 4.60. The summed E-state index contributed by atoms with van der Waals surface area (Å²) in [6, 6.07) is 7.87. The van der Waals surface area contributed by atoms with Crippen LogP contribution in [0.1, 0.15) is 31.1 Å². The molecule has 0 saturated heterocycles. The third-order valence-electron chi connectivity index (χ3n) is 4.32. The van der Waals surface area contributed by atoms with Crippen molar-refractivity contribution in [2.75, 3.05) is 25.8 Å². The Hall–Kier alpha value is -3.13. The summed E-state index contributed by atoms with van der Waals surface area (Å²) < 4.78 is 26.8. The van der Waals surface area contributed by atoms with Crippen LogP contribution in [0.15, 0.2) is 30.3 Å². The highest BCUT2D eigenvalue weighted by atomic mass is 35.5. The fourth-order valence-corrected chi connectivity index (χ4v) is 2.99. The van der Waals surface area contributed by atoms with Gasteiger partial charge in [0.1, 0.15) is 0 Å². The number of carbonyl (C=O) groups is 2. The molecule has 1 aliphatic heterocycles. The standard InChI is InChI=1S/C22H24ClNO7/c1-12(2)10-28-20-16(23)7-14(8-19(20)27-4)22(26)31-13(3)21(25)24-15-5-6-17-18(9-15)30-11-29-17/h5-9,12-13H,10-11H2,1-4H3,(H,24,25). The second-order valence-electron chi connectivity index (χ2n) is 7.30. The average molecular weight is 450 g/mol. The number of rotatable bonds is 8. The van der Waals surface area contributed by atoms with Crippen molar-refractivity contribution in [3.8, 4) is 23.0 Å². The molecular formula is C22H24ClNO7. The molecule has 1 aliphatic rings. The van der Waals surface area contributed by atoms with E-state index < -0.39 is 18.0 Å². The fourth-order valence-electron chi connectivity index (χ4n) is 2.73. The van der Waals surface area contributed by atoms with Crippen molar-refractivity contribution in [2.24, 2.45) is 5.92 Å². The van der Waals surface area contributed by atoms with E-state index in [1.807, 2.05) is 13.8 Å². The molecule has 166 valence electrons. The SMILES string of the molecule is COc1cc(C(=O)OC(C)C(=O)Nc2ccc3c(c2)OCO3)cc(Cl)c1OCC(C)C. The van der Waals surface area contributed by atoms with Crippen LogP contribution >= 0.6 is 11.6 Å². The molecule has 8 nitrogen and oxygen atoms in total. The molecule has 1 atom stereocenters. The number of methoxy groups -OCH3 is 1. The minimum absolute atomic E-state index is 0.133. The van der Waals surface area contributed by atoms with Crippen LogP contribution in [0.4, 0.5) is 5.69 Å². The first-order valence-corrected chi connectivity index (χ1v) is 10.1. The topological polar surface area (TPSA) is 92.3 Å². The van der Waals surface area contributed by atoms with Gasteiger partial charge in [-0.25, -0.2) is 4.79 Å². The number of ether oxygens (including phenoxy) is 5. The molecule has 2 aromatic carbocycles. The van der Waals surface area contributed by atoms with E-state index in [2.05, 4.69) is 5.32 Å². The summed E-state index contributed by atoms with van der Waals surface area (Å²) in [6.07, 6.45) is -1.06. The molecule has 0 saturated carbocycles. The zero-order chi connectivity index (χ0) is 22.5. The number of fused-ring (bicyclic) bond motifs is 1. The van der Waals surface area contributed by atoms with E-state index in [1.165, 1.54) is 26.2 Å². The van der Waals surface area contributed by atoms with Gasteiger partial charge in [-0.05, 0) is 37.1 Å². The zero-order valence-electron chi connectivity index (χ0n) is 17.7. The Balaban J connectivity index is 1.65. The van der Waals surface area contributed by atoms with Gasteiger partial charge in [-0.15, -0.1) is 0 Å². The monoisotopic (exact) mass is 449 g/mol. The van der Waals surface area contributed by atoms with Crippen LogP contribution in [0.25, 0.3) is 0 Å². The maximum atomic E-state index is 12.6. The number of benzene rings is 2. The van der Waals surface area contributed by atoms with Gasteiger partial charge in [0, 0.05) is 11.8 Å². The predicted octanol–water partition coefficient (Wildman–Crippen LogP) is 4.30. The number of halogens is 1. The first kappa shape index (κ1) is 22.6. The number of anilines is 1. The first-order valence-electron chi connectivity index (χ1n) is 9.70. The minimum Gasteiger partial charge on any atom is -0.493 e. The Morgan fingerprint density at radius 2 is 1.87 bits per heavy atom. The van der Waals surface area contributed by atoms with Crippen molar-refractivity contribution in [1.29, 1.82) is 0 Å². The van der Waals surface area contributed by atoms with Crippen LogP contribution in [0, 0.1) is 5.92 Å². The maximum absolute atomic E-state index is 12.6. The normalized spacial score (nSPS) is 13.0. The molecule has 1 N–H and O–H groups in total. The summed E-state index contributed by atoms with van der Waals surface area (Å²) >= 11 is 6.28. The van der Waals surface area contributed by atoms with Crippen LogP contribution in [-0.2, 0) is 9.53 Å². The Kier molecular flexibility index (Phi) is 7.12. The molecule has 0 aromatic heterocycles. The quantitative estimate of drug-likeness (QED) is 0.600. The van der Waals surface area contributed by atoms with Gasteiger partial charge in [0.25, 0.3) is 5.91 Å². The maximum Gasteiger partial charge on any atom is 0.339 e. The molecular weight excluding hydrogens is 426 g/mol. The van der Waals surface area contributed by atoms with Crippen LogP contribution < -0.4 is 24.3 Å². The summed E-state index contributed by atoms with van der Waals surface area (Å²) in [7, 11) is 1.45. The van der Waals surface area contributed by atoms with E-state index >= 15 is 0 Å². The molecule has 0 bridgehead atoms. The second-order valence-corrected chi connectivity index (χ2v) is 7.71. The van der Waals surface area contributed by atoms with Crippen molar-refractivity contribution in [3.63, 3.8) is 0 Å². The van der Waals surface area contributed by atoms with E-state index in [0.717, 1.165) is 0 Å². The van der Waals surface area contributed by atoms with E-state index in [4.69, 9.17) is 35.3 Å². The molecule has 31 heavy (non-hydrogen) atoms. The summed E-state index contributed by atoms with van der Waals surface area (Å²) in [4.78, 5) is 25.0. The highest BCUT2D eigenvalue weighted by Crippen LogP contribution is 2.37. The molecule has 3 rings (SSSR count). The molecule has 0 spiro atoms. The fraction of sp³-hybridized carbons (Fsp3) is 0.364. The van der Waals surface area contributed by atoms with Crippen molar-refractivity contribution >= 4 is 29.2 Å². The summed E-state index contributed by atoms with van der Waals surface area (Å²) in [5.41, 5.74) is 0.634. The summed E-state index contributed by atoms with van der Waals surface area (Å²) in [5.74, 6) is 0.856. The lowest BCUT2D eigenvalue weighted by Crippen LogP contribution is -2.30. The smallest absolute Gasteiger partial charge is 0.339 e. The van der Waals surface area contributed by atoms with Crippen molar-refractivity contribution in [2.45, 2.75) is 26.9 Å². The van der Waals surface area contributed by atoms with Crippen LogP contribution in [0.2, 0.25) is 5.02 Å². The molecule has 0 aliphatic carbocycles. The zero-order valence-corrected chi connectivity index (χ0v) is 18.4. The minimum atomic E-state index is -1.06. The van der Waals surface area contributed by atoms with E-state index in [-0.39, 0.29) is 23.3 Å². The molecule has 1 heterocycles. The number of amides is 1. The summed E-state index contributed by atoms with van der Waals surface area (Å²) in [6.45, 7) is 6.05. The summed E-state index contributed by atoms with van der Waals surface area (Å²) in [5, 5.41) is 2.89. The Labute approximate surface area is 185 Å². The number of hydrogen-bond donors (Lipinski definition) is 1. The molecule has 9 heteroatoms. The Morgan fingerprint density at radius 1 is 1.13 bits per heavy atom. The van der Waals surface area contributed by atoms with Gasteiger partial charge in [-0.2, -0.15) is 0 Å². The molecule has 0 fully saturated rings. The van der Waals surface area contributed by atoms with E-state index in [0.29, 0.717) is 35.3 Å². The van der Waals surface area contributed by atoms with Gasteiger partial charge in [0.05, 0.1) is 24.3 Å².